The maximum absolute atomic E-state index is 12.6. The predicted octanol–water partition coefficient (Wildman–Crippen LogP) is 5.77. The van der Waals surface area contributed by atoms with Crippen LogP contribution in [0.2, 0.25) is 10.0 Å². The van der Waals surface area contributed by atoms with Crippen LogP contribution in [0.1, 0.15) is 21.5 Å². The van der Waals surface area contributed by atoms with Gasteiger partial charge in [-0.25, -0.2) is 4.98 Å². The molecule has 1 aliphatic heterocycles. The Morgan fingerprint density at radius 1 is 1.06 bits per heavy atom. The first-order valence-electron chi connectivity index (χ1n) is 11.1. The van der Waals surface area contributed by atoms with E-state index in [-0.39, 0.29) is 18.5 Å². The molecule has 0 unspecified atom stereocenters. The number of nitrogens with zero attached hydrogens (tertiary/aromatic N) is 2. The summed E-state index contributed by atoms with van der Waals surface area (Å²) in [5, 5.41) is 0.987. The smallest absolute Gasteiger partial charge is 0.215 e. The van der Waals surface area contributed by atoms with Crippen LogP contribution < -0.4 is 4.74 Å². The number of hydrogen-bond donors (Lipinski definition) is 0. The Morgan fingerprint density at radius 2 is 1.83 bits per heavy atom. The Balaban J connectivity index is 1.27. The van der Waals surface area contributed by atoms with E-state index >= 15 is 0 Å². The molecular weight excluding hydrogens is 487 g/mol. The minimum absolute atomic E-state index is 0.0335. The summed E-state index contributed by atoms with van der Waals surface area (Å²) in [4.78, 5) is 16.7. The summed E-state index contributed by atoms with van der Waals surface area (Å²) in [6.45, 7) is 0.947. The van der Waals surface area contributed by atoms with Crippen LogP contribution in [0.3, 0.4) is 0 Å². The van der Waals surface area contributed by atoms with Crippen LogP contribution in [-0.2, 0) is 21.8 Å². The van der Waals surface area contributed by atoms with E-state index in [1.807, 2.05) is 35.0 Å². The molecule has 0 spiro atoms. The second kappa shape index (κ2) is 10.2. The number of ether oxygens (including phenoxy) is 3. The summed E-state index contributed by atoms with van der Waals surface area (Å²) >= 11 is 12.6. The molecule has 6 nitrogen and oxygen atoms in total. The zero-order valence-corrected chi connectivity index (χ0v) is 20.2. The first-order chi connectivity index (χ1) is 17.0. The third-order valence-electron chi connectivity index (χ3n) is 5.74. The lowest BCUT2D eigenvalue weighted by Crippen LogP contribution is -2.34. The van der Waals surface area contributed by atoms with E-state index in [4.69, 9.17) is 37.4 Å². The van der Waals surface area contributed by atoms with Gasteiger partial charge >= 0.3 is 0 Å². The molecule has 178 valence electrons. The van der Waals surface area contributed by atoms with Crippen LogP contribution in [-0.4, -0.2) is 34.7 Å². The molecule has 0 N–H and O–H groups in total. The highest BCUT2D eigenvalue weighted by Gasteiger charge is 2.45. The second-order valence-electron chi connectivity index (χ2n) is 8.19. The lowest BCUT2D eigenvalue weighted by Gasteiger charge is -2.30. The molecule has 0 saturated carbocycles. The molecule has 0 amide bonds. The fourth-order valence-electron chi connectivity index (χ4n) is 4.02. The summed E-state index contributed by atoms with van der Waals surface area (Å²) < 4.78 is 20.4. The number of aromatic nitrogens is 2. The molecule has 4 aromatic rings. The Bertz CT molecular complexity index is 1300. The Morgan fingerprint density at radius 3 is 2.54 bits per heavy atom. The molecule has 0 aliphatic carbocycles. The topological polar surface area (TPSA) is 62.6 Å². The van der Waals surface area contributed by atoms with Crippen molar-refractivity contribution in [3.05, 3.63) is 118 Å². The molecule has 1 aromatic heterocycles. The fraction of sp³-hybridized carbons (Fsp3) is 0.185. The second-order valence-corrected chi connectivity index (χ2v) is 9.04. The number of halogens is 2. The number of carbonyl (C=O) groups excluding carboxylic acids is 1. The largest absolute Gasteiger partial charge is 0.491 e. The van der Waals surface area contributed by atoms with Gasteiger partial charge in [0.2, 0.25) is 5.79 Å². The van der Waals surface area contributed by atoms with Gasteiger partial charge in [0.15, 0.2) is 5.78 Å². The number of rotatable bonds is 8. The maximum atomic E-state index is 12.6. The van der Waals surface area contributed by atoms with E-state index in [9.17, 15) is 4.79 Å². The van der Waals surface area contributed by atoms with Gasteiger partial charge in [0, 0.05) is 34.1 Å². The van der Waals surface area contributed by atoms with Crippen molar-refractivity contribution in [1.29, 1.82) is 0 Å². The van der Waals surface area contributed by atoms with E-state index in [2.05, 4.69) is 4.98 Å². The van der Waals surface area contributed by atoms with Crippen molar-refractivity contribution in [2.24, 2.45) is 0 Å². The molecule has 1 fully saturated rings. The van der Waals surface area contributed by atoms with Crippen LogP contribution in [0.15, 0.2) is 91.5 Å². The van der Waals surface area contributed by atoms with Crippen molar-refractivity contribution in [3.63, 3.8) is 0 Å². The molecule has 0 bridgehead atoms. The van der Waals surface area contributed by atoms with Crippen molar-refractivity contribution in [3.8, 4) is 5.75 Å². The maximum Gasteiger partial charge on any atom is 0.215 e. The monoisotopic (exact) mass is 508 g/mol. The van der Waals surface area contributed by atoms with Crippen LogP contribution >= 0.6 is 23.2 Å². The van der Waals surface area contributed by atoms with E-state index < -0.39 is 5.79 Å². The van der Waals surface area contributed by atoms with E-state index in [0.29, 0.717) is 45.6 Å². The van der Waals surface area contributed by atoms with Crippen LogP contribution in [0.4, 0.5) is 0 Å². The van der Waals surface area contributed by atoms with Crippen molar-refractivity contribution in [2.45, 2.75) is 18.4 Å². The third-order valence-corrected chi connectivity index (χ3v) is 6.29. The number of hydrogen-bond acceptors (Lipinski definition) is 5. The number of ketones is 1. The van der Waals surface area contributed by atoms with Gasteiger partial charge in [-0.2, -0.15) is 0 Å². The Kier molecular flexibility index (Phi) is 6.88. The number of carbonyl (C=O) groups is 1. The zero-order chi connectivity index (χ0) is 24.3. The summed E-state index contributed by atoms with van der Waals surface area (Å²) in [5.74, 6) is -0.508. The predicted molar refractivity (Wildman–Crippen MR) is 133 cm³/mol. The average Bonchev–Trinajstić information content (AvgIpc) is 3.54. The molecule has 2 heterocycles. The summed E-state index contributed by atoms with van der Waals surface area (Å²) in [6, 6.07) is 21.5. The van der Waals surface area contributed by atoms with Crippen molar-refractivity contribution >= 4 is 29.0 Å². The van der Waals surface area contributed by atoms with Gasteiger partial charge in [-0.1, -0.05) is 59.6 Å². The highest BCUT2D eigenvalue weighted by molar-refractivity contribution is 6.35. The van der Waals surface area contributed by atoms with Gasteiger partial charge in [0.1, 0.15) is 18.5 Å². The summed E-state index contributed by atoms with van der Waals surface area (Å²) in [5.41, 5.74) is 1.93. The van der Waals surface area contributed by atoms with Gasteiger partial charge in [0.05, 0.1) is 24.5 Å². The standard InChI is InChI=1S/C27H22Cl2N2O4/c28-21-8-11-24(25(29)14-21)27(17-31-13-12-30-18-31)34-16-23(35-27)15-33-22-9-6-20(7-10-22)26(32)19-4-2-1-3-5-19/h1-14,18,23H,15-17H2/t23-,27-/m1/s1. The summed E-state index contributed by atoms with van der Waals surface area (Å²) in [6.07, 6.45) is 4.88. The van der Waals surface area contributed by atoms with Gasteiger partial charge in [-0.3, -0.25) is 4.79 Å². The quantitative estimate of drug-likeness (QED) is 0.283. The van der Waals surface area contributed by atoms with E-state index in [1.165, 1.54) is 0 Å². The molecule has 35 heavy (non-hydrogen) atoms. The average molecular weight is 509 g/mol. The van der Waals surface area contributed by atoms with Crippen LogP contribution in [0.25, 0.3) is 0 Å². The van der Waals surface area contributed by atoms with Crippen molar-refractivity contribution in [2.75, 3.05) is 13.2 Å². The van der Waals surface area contributed by atoms with Crippen LogP contribution in [0, 0.1) is 0 Å². The van der Waals surface area contributed by atoms with Gasteiger partial charge in [0.25, 0.3) is 0 Å². The van der Waals surface area contributed by atoms with E-state index in [0.717, 1.165) is 0 Å². The SMILES string of the molecule is O=C(c1ccccc1)c1ccc(OC[C@@H]2CO[C@@](Cn3ccnc3)(c3ccc(Cl)cc3Cl)O2)cc1. The summed E-state index contributed by atoms with van der Waals surface area (Å²) in [7, 11) is 0. The highest BCUT2D eigenvalue weighted by Crippen LogP contribution is 2.40. The van der Waals surface area contributed by atoms with Crippen LogP contribution in [0.5, 0.6) is 5.75 Å². The molecular formula is C27H22Cl2N2O4. The minimum atomic E-state index is -1.11. The van der Waals surface area contributed by atoms with Gasteiger partial charge in [-0.15, -0.1) is 0 Å². The molecule has 3 aromatic carbocycles. The van der Waals surface area contributed by atoms with Crippen molar-refractivity contribution in [1.82, 2.24) is 9.55 Å². The van der Waals surface area contributed by atoms with Crippen molar-refractivity contribution < 1.29 is 19.0 Å². The normalized spacial score (nSPS) is 19.5. The Labute approximate surface area is 213 Å². The molecule has 0 radical (unpaired) electrons. The fourth-order valence-corrected chi connectivity index (χ4v) is 4.58. The Hall–Kier alpha value is -3.16. The lowest BCUT2D eigenvalue weighted by atomic mass is 10.0. The molecule has 1 saturated heterocycles. The number of benzene rings is 3. The highest BCUT2D eigenvalue weighted by atomic mass is 35.5. The zero-order valence-electron chi connectivity index (χ0n) is 18.6. The van der Waals surface area contributed by atoms with E-state index in [1.54, 1.807) is 61.1 Å². The number of imidazole rings is 1. The molecule has 8 heteroatoms. The van der Waals surface area contributed by atoms with Gasteiger partial charge in [-0.05, 0) is 36.4 Å². The first kappa shape index (κ1) is 23.6. The minimum Gasteiger partial charge on any atom is -0.491 e. The third kappa shape index (κ3) is 5.26. The molecule has 2 atom stereocenters. The first-order valence-corrected chi connectivity index (χ1v) is 11.8. The van der Waals surface area contributed by atoms with Gasteiger partial charge < -0.3 is 18.8 Å². The molecule has 5 rings (SSSR count). The molecule has 1 aliphatic rings. The lowest BCUT2D eigenvalue weighted by molar-refractivity contribution is -0.189.